The van der Waals surface area contributed by atoms with Crippen LogP contribution < -0.4 is 11.1 Å². The minimum absolute atomic E-state index is 0.200. The summed E-state index contributed by atoms with van der Waals surface area (Å²) in [6.07, 6.45) is 2.99. The highest BCUT2D eigenvalue weighted by atomic mass is 35.5. The van der Waals surface area contributed by atoms with E-state index in [0.29, 0.717) is 29.4 Å². The van der Waals surface area contributed by atoms with Crippen LogP contribution >= 0.6 is 11.6 Å². The van der Waals surface area contributed by atoms with Crippen LogP contribution in [-0.2, 0) is 4.74 Å². The van der Waals surface area contributed by atoms with E-state index in [-0.39, 0.29) is 5.91 Å². The lowest BCUT2D eigenvalue weighted by molar-refractivity contribution is 0.0941. The van der Waals surface area contributed by atoms with Crippen molar-refractivity contribution in [2.75, 3.05) is 25.5 Å². The highest BCUT2D eigenvalue weighted by Crippen LogP contribution is 2.17. The lowest BCUT2D eigenvalue weighted by atomic mass is 10.1. The molecule has 0 aliphatic heterocycles. The number of anilines is 1. The molecule has 5 heteroatoms. The molecule has 0 bridgehead atoms. The molecule has 0 atom stereocenters. The first-order chi connectivity index (χ1) is 9.15. The number of hydrogen-bond acceptors (Lipinski definition) is 3. The van der Waals surface area contributed by atoms with Crippen molar-refractivity contribution in [1.82, 2.24) is 5.32 Å². The number of hydrogen-bond donors (Lipinski definition) is 2. The number of amides is 1. The second-order valence-corrected chi connectivity index (χ2v) is 4.74. The summed E-state index contributed by atoms with van der Waals surface area (Å²) >= 11 is 5.84. The van der Waals surface area contributed by atoms with Gasteiger partial charge in [0.2, 0.25) is 0 Å². The average molecular weight is 285 g/mol. The Bertz CT molecular complexity index is 410. The molecule has 0 aliphatic rings. The number of nitrogens with one attached hydrogen (secondary N) is 1. The minimum Gasteiger partial charge on any atom is -0.398 e. The molecule has 0 unspecified atom stereocenters. The molecule has 106 valence electrons. The van der Waals surface area contributed by atoms with Crippen LogP contribution in [0.2, 0.25) is 5.02 Å². The minimum atomic E-state index is -0.200. The molecule has 1 aromatic rings. The Balaban J connectivity index is 2.26. The van der Waals surface area contributed by atoms with Gasteiger partial charge in [0.15, 0.2) is 0 Å². The van der Waals surface area contributed by atoms with Gasteiger partial charge in [0.1, 0.15) is 0 Å². The molecule has 0 saturated carbocycles. The molecule has 0 aromatic heterocycles. The standard InChI is InChI=1S/C14H21ClN2O2/c1-2-3-8-19-9-4-7-17-14(18)12-10-11(15)5-6-13(12)16/h5-6,10H,2-4,7-9,16H2,1H3,(H,17,18). The Morgan fingerprint density at radius 2 is 2.11 bits per heavy atom. The van der Waals surface area contributed by atoms with Crippen molar-refractivity contribution in [3.63, 3.8) is 0 Å². The highest BCUT2D eigenvalue weighted by Gasteiger charge is 2.09. The summed E-state index contributed by atoms with van der Waals surface area (Å²) in [6, 6.07) is 4.87. The molecule has 0 heterocycles. The van der Waals surface area contributed by atoms with Gasteiger partial charge in [-0.05, 0) is 31.0 Å². The van der Waals surface area contributed by atoms with Gasteiger partial charge in [-0.1, -0.05) is 24.9 Å². The van der Waals surface area contributed by atoms with Crippen LogP contribution in [0.1, 0.15) is 36.5 Å². The second-order valence-electron chi connectivity index (χ2n) is 4.31. The topological polar surface area (TPSA) is 64.3 Å². The van der Waals surface area contributed by atoms with Crippen molar-refractivity contribution in [1.29, 1.82) is 0 Å². The van der Waals surface area contributed by atoms with Gasteiger partial charge in [0, 0.05) is 30.5 Å². The van der Waals surface area contributed by atoms with Crippen LogP contribution in [0.15, 0.2) is 18.2 Å². The zero-order valence-electron chi connectivity index (χ0n) is 11.2. The van der Waals surface area contributed by atoms with Crippen LogP contribution in [-0.4, -0.2) is 25.7 Å². The fourth-order valence-corrected chi connectivity index (χ4v) is 1.72. The van der Waals surface area contributed by atoms with E-state index in [1.54, 1.807) is 18.2 Å². The quantitative estimate of drug-likeness (QED) is 0.570. The highest BCUT2D eigenvalue weighted by molar-refractivity contribution is 6.31. The number of benzene rings is 1. The summed E-state index contributed by atoms with van der Waals surface area (Å²) in [5, 5.41) is 3.30. The van der Waals surface area contributed by atoms with Gasteiger partial charge in [-0.15, -0.1) is 0 Å². The molecule has 0 saturated heterocycles. The van der Waals surface area contributed by atoms with Gasteiger partial charge in [-0.3, -0.25) is 4.79 Å². The van der Waals surface area contributed by atoms with Crippen LogP contribution in [0.5, 0.6) is 0 Å². The largest absolute Gasteiger partial charge is 0.398 e. The van der Waals surface area contributed by atoms with E-state index in [0.717, 1.165) is 25.9 Å². The van der Waals surface area contributed by atoms with Gasteiger partial charge < -0.3 is 15.8 Å². The fraction of sp³-hybridized carbons (Fsp3) is 0.500. The lowest BCUT2D eigenvalue weighted by Crippen LogP contribution is -2.26. The van der Waals surface area contributed by atoms with E-state index in [1.165, 1.54) is 0 Å². The second kappa shape index (κ2) is 8.77. The first-order valence-corrected chi connectivity index (χ1v) is 6.94. The normalized spacial score (nSPS) is 10.4. The number of rotatable bonds is 8. The fourth-order valence-electron chi connectivity index (χ4n) is 1.54. The van der Waals surface area contributed by atoms with Gasteiger partial charge in [-0.25, -0.2) is 0 Å². The van der Waals surface area contributed by atoms with E-state index in [2.05, 4.69) is 12.2 Å². The van der Waals surface area contributed by atoms with Crippen LogP contribution in [0.25, 0.3) is 0 Å². The van der Waals surface area contributed by atoms with E-state index < -0.39 is 0 Å². The maximum Gasteiger partial charge on any atom is 0.253 e. The van der Waals surface area contributed by atoms with Gasteiger partial charge in [0.05, 0.1) is 5.56 Å². The Morgan fingerprint density at radius 1 is 1.37 bits per heavy atom. The molecule has 3 N–H and O–H groups in total. The van der Waals surface area contributed by atoms with E-state index in [9.17, 15) is 4.79 Å². The Morgan fingerprint density at radius 3 is 2.84 bits per heavy atom. The first kappa shape index (κ1) is 15.8. The third-order valence-corrected chi connectivity index (χ3v) is 2.89. The molecular formula is C14H21ClN2O2. The molecule has 4 nitrogen and oxygen atoms in total. The molecule has 0 aliphatic carbocycles. The van der Waals surface area contributed by atoms with Crippen molar-refractivity contribution < 1.29 is 9.53 Å². The summed E-state index contributed by atoms with van der Waals surface area (Å²) in [6.45, 7) is 4.13. The van der Waals surface area contributed by atoms with E-state index >= 15 is 0 Å². The first-order valence-electron chi connectivity index (χ1n) is 6.56. The van der Waals surface area contributed by atoms with Crippen molar-refractivity contribution in [2.45, 2.75) is 26.2 Å². The van der Waals surface area contributed by atoms with Gasteiger partial charge in [0.25, 0.3) is 5.91 Å². The molecule has 0 spiro atoms. The lowest BCUT2D eigenvalue weighted by Gasteiger charge is -2.08. The summed E-state index contributed by atoms with van der Waals surface area (Å²) in [5.41, 5.74) is 6.58. The summed E-state index contributed by atoms with van der Waals surface area (Å²) in [7, 11) is 0. The summed E-state index contributed by atoms with van der Waals surface area (Å²) in [4.78, 5) is 11.9. The van der Waals surface area contributed by atoms with Crippen molar-refractivity contribution in [3.05, 3.63) is 28.8 Å². The predicted octanol–water partition coefficient (Wildman–Crippen LogP) is 2.86. The summed E-state index contributed by atoms with van der Waals surface area (Å²) < 4.78 is 5.41. The van der Waals surface area contributed by atoms with Crippen LogP contribution in [0.4, 0.5) is 5.69 Å². The Hall–Kier alpha value is -1.26. The zero-order chi connectivity index (χ0) is 14.1. The maximum atomic E-state index is 11.9. The molecule has 1 aromatic carbocycles. The number of ether oxygens (including phenoxy) is 1. The Labute approximate surface area is 119 Å². The molecule has 0 fully saturated rings. The monoisotopic (exact) mass is 284 g/mol. The molecule has 19 heavy (non-hydrogen) atoms. The number of carbonyl (C=O) groups excluding carboxylic acids is 1. The molecule has 0 radical (unpaired) electrons. The van der Waals surface area contributed by atoms with Crippen molar-refractivity contribution in [3.8, 4) is 0 Å². The molecule has 1 amide bonds. The predicted molar refractivity (Wildman–Crippen MR) is 78.5 cm³/mol. The average Bonchev–Trinajstić information content (AvgIpc) is 2.40. The number of unbranched alkanes of at least 4 members (excludes halogenated alkanes) is 1. The third-order valence-electron chi connectivity index (χ3n) is 2.65. The van der Waals surface area contributed by atoms with Crippen LogP contribution in [0.3, 0.4) is 0 Å². The van der Waals surface area contributed by atoms with E-state index in [1.807, 2.05) is 0 Å². The maximum absolute atomic E-state index is 11.9. The number of halogens is 1. The van der Waals surface area contributed by atoms with Crippen molar-refractivity contribution >= 4 is 23.2 Å². The van der Waals surface area contributed by atoms with Gasteiger partial charge >= 0.3 is 0 Å². The Kier molecular flexibility index (Phi) is 7.30. The molecular weight excluding hydrogens is 264 g/mol. The SMILES string of the molecule is CCCCOCCCNC(=O)c1cc(Cl)ccc1N. The smallest absolute Gasteiger partial charge is 0.253 e. The van der Waals surface area contributed by atoms with Gasteiger partial charge in [-0.2, -0.15) is 0 Å². The number of nitrogens with two attached hydrogens (primary N) is 1. The van der Waals surface area contributed by atoms with E-state index in [4.69, 9.17) is 22.1 Å². The molecule has 1 rings (SSSR count). The zero-order valence-corrected chi connectivity index (χ0v) is 12.0. The summed E-state index contributed by atoms with van der Waals surface area (Å²) in [5.74, 6) is -0.200. The number of nitrogen functional groups attached to an aromatic ring is 1. The third kappa shape index (κ3) is 5.94. The van der Waals surface area contributed by atoms with Crippen LogP contribution in [0, 0.1) is 0 Å². The van der Waals surface area contributed by atoms with Crippen molar-refractivity contribution in [2.24, 2.45) is 0 Å². The number of carbonyl (C=O) groups is 1.